The van der Waals surface area contributed by atoms with Crippen molar-refractivity contribution in [1.29, 1.82) is 0 Å². The summed E-state index contributed by atoms with van der Waals surface area (Å²) in [5.41, 5.74) is 0.0532. The van der Waals surface area contributed by atoms with Gasteiger partial charge in [0.05, 0.1) is 10.3 Å². The molecule has 2 rings (SSSR count). The van der Waals surface area contributed by atoms with Crippen LogP contribution in [0.3, 0.4) is 0 Å². The number of nitrogens with zero attached hydrogens (tertiary/aromatic N) is 1. The largest absolute Gasteiger partial charge is 0.459 e. The molecule has 1 radical (unpaired) electrons. The Bertz CT molecular complexity index is 433. The third-order valence-electron chi connectivity index (χ3n) is 1.63. The molecule has 0 aliphatic carbocycles. The van der Waals surface area contributed by atoms with Crippen LogP contribution in [0.2, 0.25) is 0 Å². The number of benzene rings is 1. The van der Waals surface area contributed by atoms with Gasteiger partial charge >= 0.3 is 0 Å². The van der Waals surface area contributed by atoms with Crippen LogP contribution in [0, 0.1) is 16.4 Å². The van der Waals surface area contributed by atoms with Crippen LogP contribution in [0.1, 0.15) is 0 Å². The normalized spacial score (nSPS) is 10.3. The van der Waals surface area contributed by atoms with Gasteiger partial charge in [-0.1, -0.05) is 6.07 Å². The first-order valence-electron chi connectivity index (χ1n) is 3.31. The van der Waals surface area contributed by atoms with E-state index in [2.05, 4.69) is 6.26 Å². The second-order valence-corrected chi connectivity index (χ2v) is 2.33. The van der Waals surface area contributed by atoms with Crippen LogP contribution >= 0.6 is 0 Å². The summed E-state index contributed by atoms with van der Waals surface area (Å²) in [5.74, 6) is 0. The number of rotatable bonds is 1. The average molecular weight is 162 g/mol. The molecular formula is C8H4NO3. The van der Waals surface area contributed by atoms with Gasteiger partial charge in [-0.15, -0.1) is 0 Å². The lowest BCUT2D eigenvalue weighted by Gasteiger charge is -1.89. The van der Waals surface area contributed by atoms with Gasteiger partial charge in [-0.2, -0.15) is 0 Å². The van der Waals surface area contributed by atoms with Gasteiger partial charge < -0.3 is 4.42 Å². The summed E-state index contributed by atoms with van der Waals surface area (Å²) in [6, 6.07) is 4.75. The van der Waals surface area contributed by atoms with Crippen LogP contribution in [-0.4, -0.2) is 4.92 Å². The Morgan fingerprint density at radius 2 is 2.33 bits per heavy atom. The molecule has 0 saturated heterocycles. The number of fused-ring (bicyclic) bond motifs is 1. The molecule has 4 nitrogen and oxygen atoms in total. The summed E-state index contributed by atoms with van der Waals surface area (Å²) in [5, 5.41) is 11.6. The third-order valence-corrected chi connectivity index (χ3v) is 1.63. The lowest BCUT2D eigenvalue weighted by molar-refractivity contribution is -0.383. The highest BCUT2D eigenvalue weighted by atomic mass is 16.6. The van der Waals surface area contributed by atoms with Crippen molar-refractivity contribution >= 4 is 16.5 Å². The number of furan rings is 1. The molecular weight excluding hydrogens is 158 g/mol. The molecule has 0 atom stereocenters. The first kappa shape index (κ1) is 6.84. The Morgan fingerprint density at radius 3 is 3.08 bits per heavy atom. The Labute approximate surface area is 67.6 Å². The fourth-order valence-electron chi connectivity index (χ4n) is 1.08. The highest BCUT2D eigenvalue weighted by Crippen LogP contribution is 2.25. The van der Waals surface area contributed by atoms with Crippen molar-refractivity contribution in [3.63, 3.8) is 0 Å². The Hall–Kier alpha value is -1.84. The standard InChI is InChI=1S/C8H4NO3/c10-9(11)8-3-1-2-6-4-12-5-7(6)8/h1-3,5H. The zero-order valence-corrected chi connectivity index (χ0v) is 5.98. The van der Waals surface area contributed by atoms with Crippen LogP contribution in [-0.2, 0) is 0 Å². The van der Waals surface area contributed by atoms with Gasteiger partial charge in [-0.25, -0.2) is 0 Å². The van der Waals surface area contributed by atoms with Gasteiger partial charge in [0.25, 0.3) is 5.69 Å². The van der Waals surface area contributed by atoms with Crippen LogP contribution < -0.4 is 0 Å². The summed E-state index contributed by atoms with van der Waals surface area (Å²) < 4.78 is 4.73. The van der Waals surface area contributed by atoms with E-state index in [0.29, 0.717) is 10.8 Å². The summed E-state index contributed by atoms with van der Waals surface area (Å²) in [6.45, 7) is 0. The van der Waals surface area contributed by atoms with E-state index in [1.54, 1.807) is 12.1 Å². The molecule has 2 aromatic rings. The van der Waals surface area contributed by atoms with Crippen molar-refractivity contribution in [2.45, 2.75) is 0 Å². The molecule has 0 bridgehead atoms. The topological polar surface area (TPSA) is 56.3 Å². The second kappa shape index (κ2) is 2.34. The van der Waals surface area contributed by atoms with Crippen molar-refractivity contribution in [1.82, 2.24) is 0 Å². The molecule has 0 aliphatic heterocycles. The minimum absolute atomic E-state index is 0.0532. The number of hydrogen-bond donors (Lipinski definition) is 0. The van der Waals surface area contributed by atoms with Gasteiger partial charge in [0, 0.05) is 11.5 Å². The van der Waals surface area contributed by atoms with E-state index in [-0.39, 0.29) is 5.69 Å². The van der Waals surface area contributed by atoms with Crippen molar-refractivity contribution in [2.75, 3.05) is 0 Å². The predicted molar refractivity (Wildman–Crippen MR) is 41.7 cm³/mol. The van der Waals surface area contributed by atoms with Crippen molar-refractivity contribution in [3.05, 3.63) is 40.8 Å². The fraction of sp³-hybridized carbons (Fsp3) is 0. The summed E-state index contributed by atoms with van der Waals surface area (Å²) in [7, 11) is 0. The molecule has 1 heterocycles. The Kier molecular flexibility index (Phi) is 1.33. The van der Waals surface area contributed by atoms with Crippen LogP contribution in [0.4, 0.5) is 5.69 Å². The molecule has 0 fully saturated rings. The molecule has 0 amide bonds. The fourth-order valence-corrected chi connectivity index (χ4v) is 1.08. The van der Waals surface area contributed by atoms with Crippen molar-refractivity contribution in [2.24, 2.45) is 0 Å². The molecule has 1 aromatic heterocycles. The maximum absolute atomic E-state index is 10.5. The first-order chi connectivity index (χ1) is 5.79. The molecule has 0 saturated carbocycles. The van der Waals surface area contributed by atoms with Crippen molar-refractivity contribution < 1.29 is 9.34 Å². The monoisotopic (exact) mass is 162 g/mol. The minimum atomic E-state index is -0.439. The third kappa shape index (κ3) is 0.852. The number of nitro benzene ring substituents is 1. The molecule has 0 aliphatic rings. The van der Waals surface area contributed by atoms with Crippen LogP contribution in [0.5, 0.6) is 0 Å². The molecule has 0 spiro atoms. The van der Waals surface area contributed by atoms with Gasteiger partial charge in [0.2, 0.25) is 0 Å². The summed E-state index contributed by atoms with van der Waals surface area (Å²) in [4.78, 5) is 10.0. The van der Waals surface area contributed by atoms with Gasteiger partial charge in [0.15, 0.2) is 6.26 Å². The molecule has 4 heteroatoms. The quantitative estimate of drug-likeness (QED) is 0.476. The highest BCUT2D eigenvalue weighted by Gasteiger charge is 2.11. The Morgan fingerprint density at radius 1 is 1.50 bits per heavy atom. The lowest BCUT2D eigenvalue weighted by atomic mass is 10.2. The predicted octanol–water partition coefficient (Wildman–Crippen LogP) is 2.14. The molecule has 59 valence electrons. The number of hydrogen-bond acceptors (Lipinski definition) is 3. The molecule has 1 aromatic carbocycles. The summed E-state index contributed by atoms with van der Waals surface area (Å²) >= 11 is 0. The van der Waals surface area contributed by atoms with Crippen LogP contribution in [0.15, 0.2) is 28.9 Å². The van der Waals surface area contributed by atoms with Crippen LogP contribution in [0.25, 0.3) is 10.8 Å². The van der Waals surface area contributed by atoms with E-state index in [1.165, 1.54) is 12.3 Å². The number of non-ortho nitro benzene ring substituents is 1. The second-order valence-electron chi connectivity index (χ2n) is 2.33. The van der Waals surface area contributed by atoms with Crippen molar-refractivity contribution in [3.8, 4) is 0 Å². The van der Waals surface area contributed by atoms with Gasteiger partial charge in [-0.05, 0) is 6.07 Å². The van der Waals surface area contributed by atoms with E-state index >= 15 is 0 Å². The van der Waals surface area contributed by atoms with E-state index in [1.807, 2.05) is 0 Å². The van der Waals surface area contributed by atoms with Gasteiger partial charge in [0.1, 0.15) is 6.26 Å². The van der Waals surface area contributed by atoms with E-state index in [0.717, 1.165) is 0 Å². The van der Waals surface area contributed by atoms with E-state index in [4.69, 9.17) is 4.42 Å². The van der Waals surface area contributed by atoms with E-state index < -0.39 is 4.92 Å². The zero-order chi connectivity index (χ0) is 8.55. The minimum Gasteiger partial charge on any atom is -0.459 e. The van der Waals surface area contributed by atoms with E-state index in [9.17, 15) is 10.1 Å². The average Bonchev–Trinajstić information content (AvgIpc) is 2.49. The SMILES string of the molecule is O=[N+]([O-])c1cccc2[c]occ12. The molecule has 0 unspecified atom stereocenters. The zero-order valence-electron chi connectivity index (χ0n) is 5.98. The summed E-state index contributed by atoms with van der Waals surface area (Å²) in [6.07, 6.45) is 3.86. The first-order valence-corrected chi connectivity index (χ1v) is 3.31. The lowest BCUT2D eigenvalue weighted by Crippen LogP contribution is -1.86. The van der Waals surface area contributed by atoms with Gasteiger partial charge in [-0.3, -0.25) is 10.1 Å². The number of nitro groups is 1. The highest BCUT2D eigenvalue weighted by molar-refractivity contribution is 5.89. The smallest absolute Gasteiger partial charge is 0.280 e. The molecule has 0 N–H and O–H groups in total. The maximum atomic E-state index is 10.5. The maximum Gasteiger partial charge on any atom is 0.280 e. The molecule has 12 heavy (non-hydrogen) atoms. The Balaban J connectivity index is 2.82.